The second-order valence-corrected chi connectivity index (χ2v) is 6.83. The molecule has 0 radical (unpaired) electrons. The van der Waals surface area contributed by atoms with Gasteiger partial charge in [0.25, 0.3) is 0 Å². The summed E-state index contributed by atoms with van der Waals surface area (Å²) in [5.41, 5.74) is -0.248. The molecule has 2 saturated carbocycles. The van der Waals surface area contributed by atoms with Crippen molar-refractivity contribution in [3.63, 3.8) is 0 Å². The quantitative estimate of drug-likeness (QED) is 0.658. The number of aliphatic hydroxyl groups excluding tert-OH is 1. The molecule has 0 amide bonds. The first-order valence-corrected chi connectivity index (χ1v) is 6.43. The molecule has 0 aromatic carbocycles. The highest BCUT2D eigenvalue weighted by atomic mass is 16.6. The molecule has 0 bridgehead atoms. The van der Waals surface area contributed by atoms with Gasteiger partial charge in [-0.2, -0.15) is 0 Å². The van der Waals surface area contributed by atoms with E-state index in [2.05, 4.69) is 0 Å². The van der Waals surface area contributed by atoms with Gasteiger partial charge in [0.15, 0.2) is 5.79 Å². The molecule has 92 valence electrons. The fourth-order valence-electron chi connectivity index (χ4n) is 4.24. The zero-order valence-electron chi connectivity index (χ0n) is 10.3. The van der Waals surface area contributed by atoms with Crippen LogP contribution in [0.15, 0.2) is 0 Å². The average molecular weight is 226 g/mol. The molecule has 1 heterocycles. The van der Waals surface area contributed by atoms with Crippen molar-refractivity contribution in [3.05, 3.63) is 0 Å². The van der Waals surface area contributed by atoms with Gasteiger partial charge in [0.05, 0.1) is 12.2 Å². The molecule has 1 aliphatic heterocycles. The van der Waals surface area contributed by atoms with Crippen molar-refractivity contribution in [2.75, 3.05) is 0 Å². The molecule has 6 atom stereocenters. The predicted octanol–water partition coefficient (Wildman–Crippen LogP) is 1.53. The molecule has 3 rings (SSSR count). The lowest BCUT2D eigenvalue weighted by Gasteiger charge is -2.40. The van der Waals surface area contributed by atoms with Crippen molar-refractivity contribution in [2.45, 2.75) is 58.0 Å². The number of hydrogen-bond donors (Lipinski definition) is 2. The highest BCUT2D eigenvalue weighted by molar-refractivity contribution is 5.10. The fourth-order valence-corrected chi connectivity index (χ4v) is 4.24. The van der Waals surface area contributed by atoms with E-state index in [9.17, 15) is 10.2 Å². The summed E-state index contributed by atoms with van der Waals surface area (Å²) in [6, 6.07) is 0. The summed E-state index contributed by atoms with van der Waals surface area (Å²) >= 11 is 0. The van der Waals surface area contributed by atoms with E-state index < -0.39 is 5.79 Å². The van der Waals surface area contributed by atoms with Crippen LogP contribution in [0.4, 0.5) is 0 Å². The third kappa shape index (κ3) is 1.14. The van der Waals surface area contributed by atoms with Gasteiger partial charge < -0.3 is 14.9 Å². The van der Waals surface area contributed by atoms with E-state index in [-0.39, 0.29) is 23.5 Å². The van der Waals surface area contributed by atoms with Gasteiger partial charge in [-0.05, 0) is 24.7 Å². The Morgan fingerprint density at radius 3 is 2.56 bits per heavy atom. The molecule has 3 aliphatic rings. The van der Waals surface area contributed by atoms with Crippen LogP contribution in [0.1, 0.15) is 40.0 Å². The normalized spacial score (nSPS) is 55.7. The van der Waals surface area contributed by atoms with Crippen molar-refractivity contribution >= 4 is 0 Å². The minimum atomic E-state index is -0.989. The first-order chi connectivity index (χ1) is 7.34. The van der Waals surface area contributed by atoms with Crippen molar-refractivity contribution in [3.8, 4) is 0 Å². The number of hydrogen-bond acceptors (Lipinski definition) is 3. The van der Waals surface area contributed by atoms with Crippen LogP contribution in [-0.4, -0.2) is 28.2 Å². The SMILES string of the molecule is CC(C)(C)[C@@]1(O)O[C@@H]2C[C@H](O)[C@@H]3CC[C@H]1[C@@H]32. The van der Waals surface area contributed by atoms with E-state index in [1.165, 1.54) is 0 Å². The Hall–Kier alpha value is -0.120. The Bertz CT molecular complexity index is 309. The van der Waals surface area contributed by atoms with E-state index in [1.807, 2.05) is 20.8 Å². The molecule has 3 nitrogen and oxygen atoms in total. The first-order valence-electron chi connectivity index (χ1n) is 6.43. The van der Waals surface area contributed by atoms with Gasteiger partial charge in [0, 0.05) is 17.8 Å². The monoisotopic (exact) mass is 226 g/mol. The second kappa shape index (κ2) is 3.01. The van der Waals surface area contributed by atoms with E-state index in [1.54, 1.807) is 0 Å². The Kier molecular flexibility index (Phi) is 2.07. The lowest BCUT2D eigenvalue weighted by molar-refractivity contribution is -0.270. The molecule has 3 heteroatoms. The van der Waals surface area contributed by atoms with Crippen LogP contribution < -0.4 is 0 Å². The zero-order valence-corrected chi connectivity index (χ0v) is 10.3. The zero-order chi connectivity index (χ0) is 11.7. The molecule has 1 saturated heterocycles. The third-order valence-corrected chi connectivity index (χ3v) is 5.08. The Labute approximate surface area is 96.8 Å². The summed E-state index contributed by atoms with van der Waals surface area (Å²) in [5, 5.41) is 20.7. The van der Waals surface area contributed by atoms with Crippen molar-refractivity contribution in [2.24, 2.45) is 23.2 Å². The number of rotatable bonds is 0. The van der Waals surface area contributed by atoms with Crippen LogP contribution in [0.25, 0.3) is 0 Å². The summed E-state index contributed by atoms with van der Waals surface area (Å²) in [7, 11) is 0. The smallest absolute Gasteiger partial charge is 0.173 e. The van der Waals surface area contributed by atoms with Crippen LogP contribution in [-0.2, 0) is 4.74 Å². The summed E-state index contributed by atoms with van der Waals surface area (Å²) in [6.45, 7) is 6.12. The van der Waals surface area contributed by atoms with Gasteiger partial charge in [-0.1, -0.05) is 20.8 Å². The molecule has 0 unspecified atom stereocenters. The van der Waals surface area contributed by atoms with Crippen molar-refractivity contribution < 1.29 is 14.9 Å². The maximum Gasteiger partial charge on any atom is 0.173 e. The molecule has 16 heavy (non-hydrogen) atoms. The molecule has 0 spiro atoms. The minimum Gasteiger partial charge on any atom is -0.393 e. The Morgan fingerprint density at radius 1 is 1.25 bits per heavy atom. The van der Waals surface area contributed by atoms with Crippen LogP contribution in [0.3, 0.4) is 0 Å². The molecular weight excluding hydrogens is 204 g/mol. The van der Waals surface area contributed by atoms with Crippen LogP contribution in [0.5, 0.6) is 0 Å². The van der Waals surface area contributed by atoms with E-state index >= 15 is 0 Å². The van der Waals surface area contributed by atoms with Gasteiger partial charge in [-0.15, -0.1) is 0 Å². The molecular formula is C13H22O3. The molecule has 2 aliphatic carbocycles. The highest BCUT2D eigenvalue weighted by Gasteiger charge is 2.66. The lowest BCUT2D eigenvalue weighted by Crippen LogP contribution is -2.48. The second-order valence-electron chi connectivity index (χ2n) is 6.83. The summed E-state index contributed by atoms with van der Waals surface area (Å²) in [4.78, 5) is 0. The Balaban J connectivity index is 1.95. The molecule has 2 N–H and O–H groups in total. The number of aliphatic hydroxyl groups is 2. The molecule has 0 aromatic heterocycles. The lowest BCUT2D eigenvalue weighted by atomic mass is 9.75. The van der Waals surface area contributed by atoms with Gasteiger partial charge in [-0.25, -0.2) is 0 Å². The van der Waals surface area contributed by atoms with Crippen LogP contribution >= 0.6 is 0 Å². The maximum atomic E-state index is 10.8. The van der Waals surface area contributed by atoms with Gasteiger partial charge in [0.2, 0.25) is 0 Å². The predicted molar refractivity (Wildman–Crippen MR) is 59.6 cm³/mol. The minimum absolute atomic E-state index is 0.0803. The van der Waals surface area contributed by atoms with E-state index in [0.29, 0.717) is 18.3 Å². The van der Waals surface area contributed by atoms with E-state index in [0.717, 1.165) is 12.8 Å². The van der Waals surface area contributed by atoms with E-state index in [4.69, 9.17) is 4.74 Å². The summed E-state index contributed by atoms with van der Waals surface area (Å²) < 4.78 is 5.94. The van der Waals surface area contributed by atoms with Crippen molar-refractivity contribution in [1.29, 1.82) is 0 Å². The van der Waals surface area contributed by atoms with Gasteiger partial charge >= 0.3 is 0 Å². The third-order valence-electron chi connectivity index (χ3n) is 5.08. The largest absolute Gasteiger partial charge is 0.393 e. The maximum absolute atomic E-state index is 10.8. The summed E-state index contributed by atoms with van der Waals surface area (Å²) in [5.74, 6) is -0.0118. The highest BCUT2D eigenvalue weighted by Crippen LogP contribution is 2.61. The Morgan fingerprint density at radius 2 is 1.94 bits per heavy atom. The van der Waals surface area contributed by atoms with Crippen LogP contribution in [0.2, 0.25) is 0 Å². The topological polar surface area (TPSA) is 49.7 Å². The first kappa shape index (κ1) is 11.0. The van der Waals surface area contributed by atoms with Gasteiger partial charge in [-0.3, -0.25) is 0 Å². The molecule has 3 fully saturated rings. The molecule has 0 aromatic rings. The van der Waals surface area contributed by atoms with Crippen molar-refractivity contribution in [1.82, 2.24) is 0 Å². The standard InChI is InChI=1S/C13H22O3/c1-12(2,3)13(15)8-5-4-7-9(14)6-10(16-13)11(7)8/h7-11,14-15H,4-6H2,1-3H3/t7-,8-,9-,10+,11+,13-/m0/s1. The number of ether oxygens (including phenoxy) is 1. The summed E-state index contributed by atoms with van der Waals surface area (Å²) in [6.07, 6.45) is 2.64. The fraction of sp³-hybridized carbons (Fsp3) is 1.00. The van der Waals surface area contributed by atoms with Gasteiger partial charge in [0.1, 0.15) is 0 Å². The average Bonchev–Trinajstić information content (AvgIpc) is 2.72. The van der Waals surface area contributed by atoms with Crippen LogP contribution in [0, 0.1) is 23.2 Å².